The average Bonchev–Trinajstić information content (AvgIpc) is 2.99. The van der Waals surface area contributed by atoms with Gasteiger partial charge in [0.1, 0.15) is 5.82 Å². The monoisotopic (exact) mass is 283 g/mol. The molecular formula is C12H14ClF4N. The predicted octanol–water partition coefficient (Wildman–Crippen LogP) is 4.07. The lowest BCUT2D eigenvalue weighted by atomic mass is 9.96. The highest BCUT2D eigenvalue weighted by atomic mass is 35.5. The number of nitrogens with two attached hydrogens (primary N) is 1. The van der Waals surface area contributed by atoms with Gasteiger partial charge in [-0.2, -0.15) is 13.2 Å². The van der Waals surface area contributed by atoms with E-state index < -0.39 is 23.6 Å². The number of benzene rings is 1. The van der Waals surface area contributed by atoms with Crippen molar-refractivity contribution in [3.63, 3.8) is 0 Å². The average molecular weight is 284 g/mol. The van der Waals surface area contributed by atoms with Crippen LogP contribution in [0.5, 0.6) is 0 Å². The first kappa shape index (κ1) is 15.2. The van der Waals surface area contributed by atoms with E-state index in [1.165, 1.54) is 12.1 Å². The van der Waals surface area contributed by atoms with Gasteiger partial charge in [-0.1, -0.05) is 25.0 Å². The maximum absolute atomic E-state index is 13.3. The van der Waals surface area contributed by atoms with Gasteiger partial charge in [-0.25, -0.2) is 4.39 Å². The second-order valence-corrected chi connectivity index (χ2v) is 4.49. The maximum Gasteiger partial charge on any atom is 0.419 e. The number of alkyl halides is 3. The van der Waals surface area contributed by atoms with Crippen LogP contribution in [0, 0.1) is 11.7 Å². The predicted molar refractivity (Wildman–Crippen MR) is 62.9 cm³/mol. The zero-order chi connectivity index (χ0) is 12.6. The summed E-state index contributed by atoms with van der Waals surface area (Å²) < 4.78 is 51.5. The molecule has 6 heteroatoms. The fraction of sp³-hybridized carbons (Fsp3) is 0.500. The molecule has 1 saturated carbocycles. The highest BCUT2D eigenvalue weighted by Gasteiger charge is 2.38. The minimum Gasteiger partial charge on any atom is -0.324 e. The van der Waals surface area contributed by atoms with Crippen LogP contribution in [0.1, 0.15) is 36.4 Å². The first-order valence-corrected chi connectivity index (χ1v) is 5.50. The van der Waals surface area contributed by atoms with Gasteiger partial charge in [0, 0.05) is 6.04 Å². The third-order valence-electron chi connectivity index (χ3n) is 3.01. The molecule has 2 rings (SSSR count). The van der Waals surface area contributed by atoms with Gasteiger partial charge in [0.25, 0.3) is 0 Å². The van der Waals surface area contributed by atoms with E-state index in [9.17, 15) is 17.6 Å². The molecule has 0 aliphatic heterocycles. The number of rotatable bonds is 3. The molecule has 0 radical (unpaired) electrons. The summed E-state index contributed by atoms with van der Waals surface area (Å²) >= 11 is 0. The summed E-state index contributed by atoms with van der Waals surface area (Å²) in [6, 6.07) is 2.61. The van der Waals surface area contributed by atoms with Crippen LogP contribution in [0.15, 0.2) is 18.2 Å². The molecule has 102 valence electrons. The van der Waals surface area contributed by atoms with E-state index in [0.29, 0.717) is 12.3 Å². The Kier molecular flexibility index (Phi) is 4.61. The van der Waals surface area contributed by atoms with E-state index in [0.717, 1.165) is 18.9 Å². The first-order valence-electron chi connectivity index (χ1n) is 5.50. The first-order chi connectivity index (χ1) is 7.89. The van der Waals surface area contributed by atoms with Gasteiger partial charge in [0.05, 0.1) is 5.56 Å². The summed E-state index contributed by atoms with van der Waals surface area (Å²) in [5, 5.41) is 0. The van der Waals surface area contributed by atoms with Crippen molar-refractivity contribution in [3.8, 4) is 0 Å². The SMILES string of the molecule is Cl.N[C@H](CC1CC1)c1cccc(F)c1C(F)(F)F. The highest BCUT2D eigenvalue weighted by molar-refractivity contribution is 5.85. The molecule has 1 nitrogen and oxygen atoms in total. The number of halogens is 5. The van der Waals surface area contributed by atoms with E-state index in [2.05, 4.69) is 0 Å². The van der Waals surface area contributed by atoms with Crippen LogP contribution < -0.4 is 5.73 Å². The van der Waals surface area contributed by atoms with E-state index in [-0.39, 0.29) is 18.0 Å². The zero-order valence-electron chi connectivity index (χ0n) is 9.51. The van der Waals surface area contributed by atoms with Gasteiger partial charge in [-0.15, -0.1) is 12.4 Å². The summed E-state index contributed by atoms with van der Waals surface area (Å²) in [5.74, 6) is -0.851. The van der Waals surface area contributed by atoms with E-state index in [1.54, 1.807) is 0 Å². The molecule has 1 aromatic carbocycles. The zero-order valence-corrected chi connectivity index (χ0v) is 10.3. The lowest BCUT2D eigenvalue weighted by molar-refractivity contribution is -0.140. The lowest BCUT2D eigenvalue weighted by Crippen LogP contribution is -2.19. The van der Waals surface area contributed by atoms with E-state index in [4.69, 9.17) is 5.73 Å². The van der Waals surface area contributed by atoms with Crippen molar-refractivity contribution in [2.24, 2.45) is 11.7 Å². The van der Waals surface area contributed by atoms with Crippen LogP contribution >= 0.6 is 12.4 Å². The molecule has 0 unspecified atom stereocenters. The molecule has 1 atom stereocenters. The van der Waals surface area contributed by atoms with Gasteiger partial charge in [-0.05, 0) is 24.0 Å². The molecule has 0 heterocycles. The van der Waals surface area contributed by atoms with Gasteiger partial charge >= 0.3 is 6.18 Å². The van der Waals surface area contributed by atoms with Crippen molar-refractivity contribution in [1.82, 2.24) is 0 Å². The Morgan fingerprint density at radius 1 is 1.28 bits per heavy atom. The molecule has 18 heavy (non-hydrogen) atoms. The van der Waals surface area contributed by atoms with Crippen molar-refractivity contribution in [2.45, 2.75) is 31.5 Å². The quantitative estimate of drug-likeness (QED) is 0.832. The van der Waals surface area contributed by atoms with Gasteiger partial charge < -0.3 is 5.73 Å². The highest BCUT2D eigenvalue weighted by Crippen LogP contribution is 2.41. The fourth-order valence-corrected chi connectivity index (χ4v) is 1.99. The lowest BCUT2D eigenvalue weighted by Gasteiger charge is -2.18. The number of hydrogen-bond donors (Lipinski definition) is 1. The van der Waals surface area contributed by atoms with E-state index >= 15 is 0 Å². The van der Waals surface area contributed by atoms with Crippen molar-refractivity contribution >= 4 is 12.4 Å². The minimum absolute atomic E-state index is 0. The van der Waals surface area contributed by atoms with Gasteiger partial charge in [0.2, 0.25) is 0 Å². The topological polar surface area (TPSA) is 26.0 Å². The molecular weight excluding hydrogens is 270 g/mol. The van der Waals surface area contributed by atoms with Crippen molar-refractivity contribution in [2.75, 3.05) is 0 Å². The Morgan fingerprint density at radius 3 is 2.39 bits per heavy atom. The van der Waals surface area contributed by atoms with Crippen LogP contribution in [0.3, 0.4) is 0 Å². The Balaban J connectivity index is 0.00000162. The second kappa shape index (κ2) is 5.45. The molecule has 0 saturated heterocycles. The smallest absolute Gasteiger partial charge is 0.324 e. The number of hydrogen-bond acceptors (Lipinski definition) is 1. The normalized spacial score (nSPS) is 17.2. The van der Waals surface area contributed by atoms with Crippen LogP contribution in [0.25, 0.3) is 0 Å². The van der Waals surface area contributed by atoms with Crippen molar-refractivity contribution < 1.29 is 17.6 Å². The Bertz CT molecular complexity index is 415. The Hall–Kier alpha value is -0.810. The van der Waals surface area contributed by atoms with Crippen LogP contribution in [0.4, 0.5) is 17.6 Å². The minimum atomic E-state index is -4.69. The Morgan fingerprint density at radius 2 is 1.89 bits per heavy atom. The summed E-state index contributed by atoms with van der Waals surface area (Å²) in [7, 11) is 0. The molecule has 0 amide bonds. The van der Waals surface area contributed by atoms with Crippen molar-refractivity contribution in [3.05, 3.63) is 35.1 Å². The Labute approximate surface area is 109 Å². The van der Waals surface area contributed by atoms with Gasteiger partial charge in [0.15, 0.2) is 0 Å². The largest absolute Gasteiger partial charge is 0.419 e. The van der Waals surface area contributed by atoms with Crippen molar-refractivity contribution in [1.29, 1.82) is 0 Å². The van der Waals surface area contributed by atoms with Crippen LogP contribution in [-0.4, -0.2) is 0 Å². The summed E-state index contributed by atoms with van der Waals surface area (Å²) in [6.45, 7) is 0. The summed E-state index contributed by atoms with van der Waals surface area (Å²) in [6.07, 6.45) is -2.19. The van der Waals surface area contributed by atoms with Gasteiger partial charge in [-0.3, -0.25) is 0 Å². The van der Waals surface area contributed by atoms with Crippen LogP contribution in [-0.2, 0) is 6.18 Å². The molecule has 0 aromatic heterocycles. The molecule has 0 bridgehead atoms. The summed E-state index contributed by atoms with van der Waals surface area (Å²) in [4.78, 5) is 0. The third-order valence-corrected chi connectivity index (χ3v) is 3.01. The fourth-order valence-electron chi connectivity index (χ4n) is 1.99. The molecule has 1 aliphatic rings. The molecule has 1 aliphatic carbocycles. The molecule has 1 fully saturated rings. The molecule has 2 N–H and O–H groups in total. The second-order valence-electron chi connectivity index (χ2n) is 4.49. The van der Waals surface area contributed by atoms with E-state index in [1.807, 2.05) is 0 Å². The molecule has 0 spiro atoms. The third kappa shape index (κ3) is 3.36. The summed E-state index contributed by atoms with van der Waals surface area (Å²) in [5.41, 5.74) is 4.39. The van der Waals surface area contributed by atoms with Crippen LogP contribution in [0.2, 0.25) is 0 Å². The molecule has 1 aromatic rings. The maximum atomic E-state index is 13.3. The standard InChI is InChI=1S/C12H13F4N.ClH/c13-9-3-1-2-8(11(9)12(14,15)16)10(17)6-7-4-5-7;/h1-3,7,10H,4-6,17H2;1H/t10-;/m1./s1.